The number of rotatable bonds is 15. The van der Waals surface area contributed by atoms with Gasteiger partial charge in [-0.3, -0.25) is 0 Å². The minimum Gasteiger partial charge on any atom is -0.378 e. The van der Waals surface area contributed by atoms with Crippen LogP contribution < -0.4 is 0 Å². The third kappa shape index (κ3) is 8.43. The Balaban J connectivity index is 1.70. The van der Waals surface area contributed by atoms with E-state index in [0.717, 1.165) is 31.9 Å². The largest absolute Gasteiger partial charge is 0.501 e. The standard InChI is InChI=1S/C25H44O4Si/c1-5-9-11-22-12-14-23(15-13-22)24-16-18-25(19-17-24)26-20-10-21-30(27-6-2,28-7-3)29-8-4/h12-15,24-25H,5-11,16-21H2,1-4H3. The summed E-state index contributed by atoms with van der Waals surface area (Å²) in [6.45, 7) is 11.0. The number of hydrogen-bond donors (Lipinski definition) is 0. The Kier molecular flexibility index (Phi) is 12.2. The summed E-state index contributed by atoms with van der Waals surface area (Å²) in [4.78, 5) is 0. The highest BCUT2D eigenvalue weighted by molar-refractivity contribution is 6.60. The Hall–Kier alpha value is -0.723. The highest BCUT2D eigenvalue weighted by Crippen LogP contribution is 2.34. The van der Waals surface area contributed by atoms with E-state index in [-0.39, 0.29) is 0 Å². The van der Waals surface area contributed by atoms with Crippen molar-refractivity contribution in [3.8, 4) is 0 Å². The molecule has 0 aliphatic heterocycles. The molecule has 0 heterocycles. The molecule has 0 bridgehead atoms. The van der Waals surface area contributed by atoms with Gasteiger partial charge in [0.15, 0.2) is 0 Å². The first-order valence-corrected chi connectivity index (χ1v) is 14.2. The molecule has 0 N–H and O–H groups in total. The lowest BCUT2D eigenvalue weighted by Crippen LogP contribution is -2.46. The molecule has 0 aromatic heterocycles. The first-order valence-electron chi connectivity index (χ1n) is 12.3. The average Bonchev–Trinajstić information content (AvgIpc) is 2.77. The van der Waals surface area contributed by atoms with Gasteiger partial charge in [0.2, 0.25) is 0 Å². The minimum atomic E-state index is -2.53. The Morgan fingerprint density at radius 3 is 1.93 bits per heavy atom. The maximum Gasteiger partial charge on any atom is 0.501 e. The average molecular weight is 437 g/mol. The first-order chi connectivity index (χ1) is 14.7. The van der Waals surface area contributed by atoms with Crippen LogP contribution in [0, 0.1) is 0 Å². The van der Waals surface area contributed by atoms with Gasteiger partial charge in [-0.25, -0.2) is 0 Å². The van der Waals surface area contributed by atoms with Crippen LogP contribution in [0.1, 0.15) is 89.7 Å². The molecule has 4 nitrogen and oxygen atoms in total. The summed E-state index contributed by atoms with van der Waals surface area (Å²) in [5.74, 6) is 0.694. The second-order valence-corrected chi connectivity index (χ2v) is 11.0. The molecule has 0 radical (unpaired) electrons. The molecule has 1 fully saturated rings. The van der Waals surface area contributed by atoms with Crippen molar-refractivity contribution < 1.29 is 18.0 Å². The molecular formula is C25H44O4Si. The van der Waals surface area contributed by atoms with Crippen LogP contribution in [0.15, 0.2) is 24.3 Å². The van der Waals surface area contributed by atoms with E-state index in [1.807, 2.05) is 20.8 Å². The Bertz CT molecular complexity index is 538. The fraction of sp³-hybridized carbons (Fsp3) is 0.760. The van der Waals surface area contributed by atoms with Gasteiger partial charge >= 0.3 is 8.80 Å². The van der Waals surface area contributed by atoms with Crippen LogP contribution in [0.4, 0.5) is 0 Å². The molecule has 0 amide bonds. The van der Waals surface area contributed by atoms with E-state index in [0.29, 0.717) is 31.8 Å². The van der Waals surface area contributed by atoms with Crippen molar-refractivity contribution >= 4 is 8.80 Å². The highest BCUT2D eigenvalue weighted by atomic mass is 28.4. The molecular weight excluding hydrogens is 392 g/mol. The summed E-state index contributed by atoms with van der Waals surface area (Å²) in [7, 11) is -2.53. The van der Waals surface area contributed by atoms with E-state index in [4.69, 9.17) is 18.0 Å². The van der Waals surface area contributed by atoms with E-state index in [1.54, 1.807) is 0 Å². The lowest BCUT2D eigenvalue weighted by atomic mass is 9.82. The fourth-order valence-electron chi connectivity index (χ4n) is 4.44. The normalized spacial score (nSPS) is 19.9. The molecule has 2 rings (SSSR count). The summed E-state index contributed by atoms with van der Waals surface area (Å²) in [6, 6.07) is 10.2. The van der Waals surface area contributed by atoms with Crippen molar-refractivity contribution in [2.24, 2.45) is 0 Å². The minimum absolute atomic E-state index is 0.396. The monoisotopic (exact) mass is 436 g/mol. The highest BCUT2D eigenvalue weighted by Gasteiger charge is 2.39. The number of hydrogen-bond acceptors (Lipinski definition) is 4. The topological polar surface area (TPSA) is 36.9 Å². The lowest BCUT2D eigenvalue weighted by Gasteiger charge is -2.30. The van der Waals surface area contributed by atoms with Crippen LogP contribution in [0.25, 0.3) is 0 Å². The molecule has 1 aliphatic rings. The maximum absolute atomic E-state index is 6.22. The van der Waals surface area contributed by atoms with Gasteiger partial charge in [-0.2, -0.15) is 0 Å². The molecule has 0 spiro atoms. The molecule has 1 saturated carbocycles. The SMILES string of the molecule is CCCCc1ccc(C2CCC(OCCC[Si](OCC)(OCC)OCC)CC2)cc1. The van der Waals surface area contributed by atoms with Crippen LogP contribution >= 0.6 is 0 Å². The van der Waals surface area contributed by atoms with Crippen LogP contribution in [-0.4, -0.2) is 41.3 Å². The third-order valence-corrected chi connectivity index (χ3v) is 9.17. The summed E-state index contributed by atoms with van der Waals surface area (Å²) in [6.07, 6.45) is 9.86. The zero-order valence-electron chi connectivity index (χ0n) is 19.8. The molecule has 5 heteroatoms. The second-order valence-electron chi connectivity index (χ2n) is 8.28. The van der Waals surface area contributed by atoms with Crippen molar-refractivity contribution in [2.45, 2.75) is 97.1 Å². The van der Waals surface area contributed by atoms with Crippen molar-refractivity contribution in [3.05, 3.63) is 35.4 Å². The van der Waals surface area contributed by atoms with Gasteiger partial charge in [-0.05, 0) is 82.8 Å². The van der Waals surface area contributed by atoms with Crippen LogP contribution in [0.5, 0.6) is 0 Å². The molecule has 0 unspecified atom stereocenters. The zero-order chi connectivity index (χ0) is 21.7. The number of unbranched alkanes of at least 4 members (excludes halogenated alkanes) is 1. The predicted octanol–water partition coefficient (Wildman–Crippen LogP) is 6.51. The van der Waals surface area contributed by atoms with E-state index >= 15 is 0 Å². The Morgan fingerprint density at radius 1 is 0.800 bits per heavy atom. The molecule has 0 atom stereocenters. The van der Waals surface area contributed by atoms with E-state index < -0.39 is 8.80 Å². The molecule has 30 heavy (non-hydrogen) atoms. The number of ether oxygens (including phenoxy) is 1. The van der Waals surface area contributed by atoms with Crippen molar-refractivity contribution in [1.82, 2.24) is 0 Å². The van der Waals surface area contributed by atoms with Gasteiger partial charge in [-0.1, -0.05) is 37.6 Å². The van der Waals surface area contributed by atoms with Crippen LogP contribution in [-0.2, 0) is 24.4 Å². The molecule has 1 aromatic carbocycles. The Labute approximate surface area is 186 Å². The van der Waals surface area contributed by atoms with Gasteiger partial charge < -0.3 is 18.0 Å². The third-order valence-electron chi connectivity index (χ3n) is 6.02. The summed E-state index contributed by atoms with van der Waals surface area (Å²) in [5.41, 5.74) is 2.98. The van der Waals surface area contributed by atoms with Crippen molar-refractivity contribution in [1.29, 1.82) is 0 Å². The summed E-state index contributed by atoms with van der Waals surface area (Å²) in [5, 5.41) is 0. The molecule has 0 saturated heterocycles. The molecule has 172 valence electrons. The Morgan fingerprint density at radius 2 is 1.40 bits per heavy atom. The van der Waals surface area contributed by atoms with Gasteiger partial charge in [0.05, 0.1) is 6.10 Å². The van der Waals surface area contributed by atoms with Gasteiger partial charge in [0.25, 0.3) is 0 Å². The van der Waals surface area contributed by atoms with Gasteiger partial charge in [-0.15, -0.1) is 0 Å². The fourth-order valence-corrected chi connectivity index (χ4v) is 7.02. The zero-order valence-corrected chi connectivity index (χ0v) is 20.8. The predicted molar refractivity (Wildman–Crippen MR) is 126 cm³/mol. The molecule has 1 aliphatic carbocycles. The summed E-state index contributed by atoms with van der Waals surface area (Å²) < 4.78 is 24.0. The second kappa shape index (κ2) is 14.4. The van der Waals surface area contributed by atoms with Crippen molar-refractivity contribution in [2.75, 3.05) is 26.4 Å². The number of benzene rings is 1. The smallest absolute Gasteiger partial charge is 0.378 e. The van der Waals surface area contributed by atoms with E-state index in [9.17, 15) is 0 Å². The van der Waals surface area contributed by atoms with E-state index in [1.165, 1.54) is 43.2 Å². The van der Waals surface area contributed by atoms with Crippen molar-refractivity contribution in [3.63, 3.8) is 0 Å². The lowest BCUT2D eigenvalue weighted by molar-refractivity contribution is 0.0202. The van der Waals surface area contributed by atoms with Crippen LogP contribution in [0.2, 0.25) is 6.04 Å². The first kappa shape index (κ1) is 25.5. The maximum atomic E-state index is 6.22. The molecule has 1 aromatic rings. The quantitative estimate of drug-likeness (QED) is 0.232. The van der Waals surface area contributed by atoms with E-state index in [2.05, 4.69) is 31.2 Å². The van der Waals surface area contributed by atoms with Gasteiger partial charge in [0.1, 0.15) is 0 Å². The van der Waals surface area contributed by atoms with Crippen LogP contribution in [0.3, 0.4) is 0 Å². The number of aryl methyl sites for hydroxylation is 1. The summed E-state index contributed by atoms with van der Waals surface area (Å²) >= 11 is 0. The van der Waals surface area contributed by atoms with Gasteiger partial charge in [0, 0.05) is 32.5 Å².